The number of amides is 3. The molecule has 3 amide bonds. The van der Waals surface area contributed by atoms with Gasteiger partial charge in [0.15, 0.2) is 0 Å². The Hall–Kier alpha value is -4.17. The Morgan fingerprint density at radius 1 is 0.894 bits per heavy atom. The molecule has 248 valence electrons. The lowest BCUT2D eigenvalue weighted by atomic mass is 9.83. The number of benzene rings is 2. The monoisotopic (exact) mass is 636 g/mol. The van der Waals surface area contributed by atoms with Crippen LogP contribution in [0.15, 0.2) is 85.0 Å². The Morgan fingerprint density at radius 3 is 2.30 bits per heavy atom. The Kier molecular flexibility index (Phi) is 10.6. The van der Waals surface area contributed by atoms with Gasteiger partial charge in [-0.25, -0.2) is 4.79 Å². The van der Waals surface area contributed by atoms with Gasteiger partial charge in [0.25, 0.3) is 0 Å². The molecule has 0 spiro atoms. The third-order valence-corrected chi connectivity index (χ3v) is 10.4. The first-order valence-electron chi connectivity index (χ1n) is 17.4. The average Bonchev–Trinajstić information content (AvgIpc) is 3.66. The summed E-state index contributed by atoms with van der Waals surface area (Å²) in [7, 11) is 0. The van der Waals surface area contributed by atoms with Crippen LogP contribution in [-0.2, 0) is 14.3 Å². The van der Waals surface area contributed by atoms with Crippen LogP contribution in [0, 0.1) is 5.92 Å². The Morgan fingerprint density at radius 2 is 1.57 bits per heavy atom. The second-order valence-corrected chi connectivity index (χ2v) is 13.5. The number of carbonyl (C=O) groups excluding carboxylic acids is 3. The standard InChI is InChI=1S/C39H48N4O4/c1-26-15-7-4-2-3-5-10-22-34(26)42-37(44)35-23-28(24-43(35)38(45)36(40)27-16-8-6-9-17-27)41-39(46)47-25-33-31-20-13-11-18-29(31)30-19-12-14-21-32(30)33/h2,4,7,11-15,18-21,27-28,33-36H,1,3,5-6,8-10,16-17,22-25,40H2,(H,41,46)(H,42,44)/b4-2-,15-7-/t28-,34+,35-,36-/m0/s1. The van der Waals surface area contributed by atoms with E-state index in [4.69, 9.17) is 10.5 Å². The molecule has 2 aromatic carbocycles. The third-order valence-electron chi connectivity index (χ3n) is 10.4. The second-order valence-electron chi connectivity index (χ2n) is 13.5. The molecule has 3 aliphatic carbocycles. The Balaban J connectivity index is 1.13. The van der Waals surface area contributed by atoms with Gasteiger partial charge in [0.1, 0.15) is 12.6 Å². The summed E-state index contributed by atoms with van der Waals surface area (Å²) in [4.78, 5) is 42.6. The first kappa shape index (κ1) is 32.8. The van der Waals surface area contributed by atoms with E-state index in [2.05, 4.69) is 47.6 Å². The molecule has 2 fully saturated rings. The summed E-state index contributed by atoms with van der Waals surface area (Å²) in [6, 6.07) is 14.3. The van der Waals surface area contributed by atoms with Gasteiger partial charge in [-0.15, -0.1) is 0 Å². The van der Waals surface area contributed by atoms with Gasteiger partial charge in [0.2, 0.25) is 11.8 Å². The molecule has 8 heteroatoms. The summed E-state index contributed by atoms with van der Waals surface area (Å²) in [6.45, 7) is 4.62. The lowest BCUT2D eigenvalue weighted by Crippen LogP contribution is -2.54. The van der Waals surface area contributed by atoms with Crippen LogP contribution in [0.2, 0.25) is 0 Å². The molecule has 1 saturated carbocycles. The van der Waals surface area contributed by atoms with Crippen molar-refractivity contribution in [2.45, 2.75) is 94.3 Å². The zero-order valence-corrected chi connectivity index (χ0v) is 27.2. The lowest BCUT2D eigenvalue weighted by Gasteiger charge is -2.32. The lowest BCUT2D eigenvalue weighted by molar-refractivity contribution is -0.140. The number of nitrogens with one attached hydrogen (secondary N) is 2. The Bertz CT molecular complexity index is 1480. The molecule has 0 radical (unpaired) electrons. The van der Waals surface area contributed by atoms with Gasteiger partial charge in [0, 0.05) is 12.5 Å². The van der Waals surface area contributed by atoms with E-state index in [9.17, 15) is 14.4 Å². The maximum absolute atomic E-state index is 13.9. The number of alkyl carbamates (subject to hydrolysis) is 1. The zero-order chi connectivity index (χ0) is 32.8. The van der Waals surface area contributed by atoms with Crippen LogP contribution in [-0.4, -0.2) is 60.1 Å². The molecular weight excluding hydrogens is 588 g/mol. The van der Waals surface area contributed by atoms with Gasteiger partial charge >= 0.3 is 6.09 Å². The van der Waals surface area contributed by atoms with Crippen molar-refractivity contribution in [1.82, 2.24) is 15.5 Å². The number of hydrogen-bond donors (Lipinski definition) is 3. The molecule has 8 nitrogen and oxygen atoms in total. The van der Waals surface area contributed by atoms with E-state index in [-0.39, 0.29) is 49.3 Å². The van der Waals surface area contributed by atoms with Crippen LogP contribution in [0.1, 0.15) is 81.3 Å². The van der Waals surface area contributed by atoms with Crippen molar-refractivity contribution < 1.29 is 19.1 Å². The van der Waals surface area contributed by atoms with Crippen LogP contribution in [0.4, 0.5) is 4.79 Å². The van der Waals surface area contributed by atoms with Crippen LogP contribution in [0.5, 0.6) is 0 Å². The van der Waals surface area contributed by atoms with Gasteiger partial charge in [-0.3, -0.25) is 9.59 Å². The topological polar surface area (TPSA) is 114 Å². The maximum Gasteiger partial charge on any atom is 0.407 e. The largest absolute Gasteiger partial charge is 0.449 e. The third kappa shape index (κ3) is 7.54. The highest BCUT2D eigenvalue weighted by molar-refractivity contribution is 5.91. The summed E-state index contributed by atoms with van der Waals surface area (Å²) in [5.74, 6) is -0.413. The molecule has 0 aromatic heterocycles. The highest BCUT2D eigenvalue weighted by atomic mass is 16.5. The van der Waals surface area contributed by atoms with Crippen molar-refractivity contribution in [3.8, 4) is 11.1 Å². The number of carbonyl (C=O) groups is 3. The van der Waals surface area contributed by atoms with Crippen molar-refractivity contribution >= 4 is 17.9 Å². The highest BCUT2D eigenvalue weighted by Crippen LogP contribution is 2.44. The minimum Gasteiger partial charge on any atom is -0.449 e. The average molecular weight is 637 g/mol. The molecule has 6 rings (SSSR count). The van der Waals surface area contributed by atoms with Gasteiger partial charge < -0.3 is 26.0 Å². The van der Waals surface area contributed by atoms with Crippen LogP contribution < -0.4 is 16.4 Å². The number of rotatable bonds is 7. The second kappa shape index (κ2) is 15.2. The highest BCUT2D eigenvalue weighted by Gasteiger charge is 2.43. The predicted octanol–water partition coefficient (Wildman–Crippen LogP) is 6.13. The molecule has 0 bridgehead atoms. The summed E-state index contributed by atoms with van der Waals surface area (Å²) >= 11 is 0. The molecule has 47 heavy (non-hydrogen) atoms. The number of likely N-dealkylation sites (tertiary alicyclic amines) is 1. The van der Waals surface area contributed by atoms with E-state index in [1.54, 1.807) is 4.90 Å². The van der Waals surface area contributed by atoms with E-state index in [0.717, 1.165) is 85.6 Å². The van der Waals surface area contributed by atoms with E-state index in [0.29, 0.717) is 0 Å². The molecule has 2 aromatic rings. The number of nitrogens with zero attached hydrogens (tertiary/aromatic N) is 1. The van der Waals surface area contributed by atoms with Gasteiger partial charge in [0.05, 0.1) is 18.1 Å². The van der Waals surface area contributed by atoms with E-state index >= 15 is 0 Å². The number of allylic oxidation sites excluding steroid dienone is 3. The van der Waals surface area contributed by atoms with Crippen molar-refractivity contribution in [1.29, 1.82) is 0 Å². The predicted molar refractivity (Wildman–Crippen MR) is 184 cm³/mol. The SMILES string of the molecule is C=C1/C=C\C=C/CCCC[C@H]1NC(=O)[C@@H]1C[C@H](NC(=O)OCC2c3ccccc3-c3ccccc32)CN1C(=O)[C@@H](N)C1CCCCC1. The minimum absolute atomic E-state index is 0.0586. The van der Waals surface area contributed by atoms with Crippen molar-refractivity contribution in [3.63, 3.8) is 0 Å². The summed E-state index contributed by atoms with van der Waals surface area (Å²) in [6.07, 6.45) is 16.6. The van der Waals surface area contributed by atoms with E-state index in [1.165, 1.54) is 0 Å². The maximum atomic E-state index is 13.9. The normalized spacial score (nSPS) is 25.3. The fourth-order valence-electron chi connectivity index (χ4n) is 7.82. The zero-order valence-electron chi connectivity index (χ0n) is 27.2. The van der Waals surface area contributed by atoms with E-state index in [1.807, 2.05) is 42.5 Å². The number of ether oxygens (including phenoxy) is 1. The molecule has 4 N–H and O–H groups in total. The van der Waals surface area contributed by atoms with Crippen LogP contribution in [0.25, 0.3) is 11.1 Å². The molecule has 0 unspecified atom stereocenters. The van der Waals surface area contributed by atoms with Crippen LogP contribution in [0.3, 0.4) is 0 Å². The smallest absolute Gasteiger partial charge is 0.407 e. The van der Waals surface area contributed by atoms with Gasteiger partial charge in [-0.1, -0.05) is 105 Å². The van der Waals surface area contributed by atoms with E-state index < -0.39 is 24.2 Å². The first-order valence-corrected chi connectivity index (χ1v) is 17.4. The van der Waals surface area contributed by atoms with Gasteiger partial charge in [-0.2, -0.15) is 0 Å². The molecular formula is C39H48N4O4. The quantitative estimate of drug-likeness (QED) is 0.339. The fraction of sp³-hybridized carbons (Fsp3) is 0.462. The number of fused-ring (bicyclic) bond motifs is 3. The fourth-order valence-corrected chi connectivity index (χ4v) is 7.82. The minimum atomic E-state index is -0.747. The Labute approximate surface area is 278 Å². The summed E-state index contributed by atoms with van der Waals surface area (Å²) in [5, 5.41) is 6.16. The molecule has 1 heterocycles. The first-order chi connectivity index (χ1) is 22.9. The molecule has 1 aliphatic heterocycles. The van der Waals surface area contributed by atoms with Crippen LogP contribution >= 0.6 is 0 Å². The number of nitrogens with two attached hydrogens (primary N) is 1. The van der Waals surface area contributed by atoms with Crippen molar-refractivity contribution in [2.75, 3.05) is 13.2 Å². The van der Waals surface area contributed by atoms with Crippen molar-refractivity contribution in [2.24, 2.45) is 11.7 Å². The van der Waals surface area contributed by atoms with Gasteiger partial charge in [-0.05, 0) is 72.3 Å². The summed E-state index contributed by atoms with van der Waals surface area (Å²) < 4.78 is 5.82. The number of hydrogen-bond acceptors (Lipinski definition) is 5. The molecule has 4 aliphatic rings. The summed E-state index contributed by atoms with van der Waals surface area (Å²) in [5.41, 5.74) is 12.0. The van der Waals surface area contributed by atoms with Crippen molar-refractivity contribution in [3.05, 3.63) is 96.1 Å². The molecule has 4 atom stereocenters. The molecule has 1 saturated heterocycles.